The highest BCUT2D eigenvalue weighted by atomic mass is 32.2. The number of pyridine rings is 3. The minimum Gasteiger partial charge on any atom is -0.325 e. The molecule has 0 fully saturated rings. The van der Waals surface area contributed by atoms with Gasteiger partial charge in [-0.15, -0.1) is 0 Å². The Labute approximate surface area is 184 Å². The van der Waals surface area contributed by atoms with E-state index in [4.69, 9.17) is 0 Å². The molecule has 0 bridgehead atoms. The van der Waals surface area contributed by atoms with Crippen LogP contribution in [0.1, 0.15) is 45.2 Å². The van der Waals surface area contributed by atoms with Gasteiger partial charge in [-0.2, -0.15) is 11.8 Å². The summed E-state index contributed by atoms with van der Waals surface area (Å²) in [5, 5.41) is 4.07. The van der Waals surface area contributed by atoms with Gasteiger partial charge in [-0.1, -0.05) is 38.7 Å². The minimum atomic E-state index is -0.0680. The molecule has 5 nitrogen and oxygen atoms in total. The van der Waals surface area contributed by atoms with Crippen molar-refractivity contribution in [1.82, 2.24) is 14.5 Å². The molecule has 0 aliphatic rings. The van der Waals surface area contributed by atoms with Crippen LogP contribution >= 0.6 is 11.8 Å². The van der Waals surface area contributed by atoms with E-state index in [-0.39, 0.29) is 5.56 Å². The molecule has 0 unspecified atom stereocenters. The summed E-state index contributed by atoms with van der Waals surface area (Å²) < 4.78 is 1.73. The normalized spacial score (nSPS) is 9.43. The van der Waals surface area contributed by atoms with Crippen LogP contribution in [-0.4, -0.2) is 27.0 Å². The summed E-state index contributed by atoms with van der Waals surface area (Å²) in [6.45, 7) is 10.5. The van der Waals surface area contributed by atoms with E-state index in [1.165, 1.54) is 0 Å². The first-order valence-corrected chi connectivity index (χ1v) is 11.8. The van der Waals surface area contributed by atoms with E-state index in [0.29, 0.717) is 30.2 Å². The number of anilines is 2. The SMILES string of the molecule is CC.CCC#Cc1cc2cnc(Nc3ccc(C)cn3)cc2n(CC)c1=O.CSC. The van der Waals surface area contributed by atoms with Gasteiger partial charge in [0.1, 0.15) is 11.6 Å². The van der Waals surface area contributed by atoms with Crippen LogP contribution in [0.5, 0.6) is 0 Å². The molecule has 0 aliphatic carbocycles. The molecule has 0 saturated carbocycles. The molecular formula is C24H32N4OS. The van der Waals surface area contributed by atoms with Gasteiger partial charge in [-0.3, -0.25) is 4.79 Å². The summed E-state index contributed by atoms with van der Waals surface area (Å²) in [6, 6.07) is 7.57. The van der Waals surface area contributed by atoms with E-state index in [1.807, 2.05) is 71.4 Å². The van der Waals surface area contributed by atoms with E-state index in [0.717, 1.165) is 16.5 Å². The van der Waals surface area contributed by atoms with Gasteiger partial charge in [0.2, 0.25) is 0 Å². The van der Waals surface area contributed by atoms with Gasteiger partial charge in [0.05, 0.1) is 11.1 Å². The molecule has 3 aromatic heterocycles. The zero-order valence-corrected chi connectivity index (χ0v) is 19.9. The maximum absolute atomic E-state index is 12.6. The second kappa shape index (κ2) is 13.4. The quantitative estimate of drug-likeness (QED) is 0.552. The number of nitrogens with one attached hydrogen (secondary N) is 1. The second-order valence-electron chi connectivity index (χ2n) is 6.15. The zero-order chi connectivity index (χ0) is 22.5. The van der Waals surface area contributed by atoms with Crippen molar-refractivity contribution in [3.05, 3.63) is 58.1 Å². The van der Waals surface area contributed by atoms with Crippen LogP contribution in [0, 0.1) is 18.8 Å². The number of aromatic nitrogens is 3. The lowest BCUT2D eigenvalue weighted by molar-refractivity contribution is 0.757. The third-order valence-electron chi connectivity index (χ3n) is 3.86. The van der Waals surface area contributed by atoms with Crippen LogP contribution < -0.4 is 10.9 Å². The van der Waals surface area contributed by atoms with Crippen LogP contribution in [0.25, 0.3) is 10.9 Å². The minimum absolute atomic E-state index is 0.0680. The Bertz CT molecular complexity index is 1050. The van der Waals surface area contributed by atoms with Crippen LogP contribution in [0.2, 0.25) is 0 Å². The Kier molecular flexibility index (Phi) is 11.3. The van der Waals surface area contributed by atoms with E-state index in [1.54, 1.807) is 28.7 Å². The van der Waals surface area contributed by atoms with Crippen molar-refractivity contribution in [3.8, 4) is 11.8 Å². The largest absolute Gasteiger partial charge is 0.325 e. The molecule has 160 valence electrons. The Hall–Kier alpha value is -2.78. The van der Waals surface area contributed by atoms with Gasteiger partial charge >= 0.3 is 0 Å². The van der Waals surface area contributed by atoms with Crippen molar-refractivity contribution in [2.24, 2.45) is 0 Å². The highest BCUT2D eigenvalue weighted by Crippen LogP contribution is 2.19. The smallest absolute Gasteiger partial charge is 0.266 e. The van der Waals surface area contributed by atoms with Crippen LogP contribution in [0.15, 0.2) is 41.5 Å². The Balaban J connectivity index is 0.000000826. The molecule has 0 saturated heterocycles. The number of hydrogen-bond acceptors (Lipinski definition) is 5. The Morgan fingerprint density at radius 3 is 2.30 bits per heavy atom. The fourth-order valence-electron chi connectivity index (χ4n) is 2.60. The molecule has 30 heavy (non-hydrogen) atoms. The fraction of sp³-hybridized carbons (Fsp3) is 0.375. The first kappa shape index (κ1) is 25.3. The van der Waals surface area contributed by atoms with Gasteiger partial charge in [-0.05, 0) is 44.1 Å². The van der Waals surface area contributed by atoms with Gasteiger partial charge in [0, 0.05) is 36.8 Å². The highest BCUT2D eigenvalue weighted by Gasteiger charge is 2.09. The molecular weight excluding hydrogens is 392 g/mol. The molecule has 3 aromatic rings. The molecule has 0 amide bonds. The summed E-state index contributed by atoms with van der Waals surface area (Å²) in [5.41, 5.74) is 2.37. The molecule has 3 heterocycles. The zero-order valence-electron chi connectivity index (χ0n) is 19.0. The molecule has 0 atom stereocenters. The Morgan fingerprint density at radius 2 is 1.73 bits per heavy atom. The van der Waals surface area contributed by atoms with Gasteiger partial charge < -0.3 is 9.88 Å². The first-order chi connectivity index (χ1) is 14.5. The molecule has 6 heteroatoms. The van der Waals surface area contributed by atoms with Crippen molar-refractivity contribution < 1.29 is 0 Å². The third-order valence-corrected chi connectivity index (χ3v) is 3.86. The summed E-state index contributed by atoms with van der Waals surface area (Å²) in [4.78, 5) is 21.4. The number of thioether (sulfide) groups is 1. The summed E-state index contributed by atoms with van der Waals surface area (Å²) >= 11 is 1.75. The Morgan fingerprint density at radius 1 is 1.07 bits per heavy atom. The van der Waals surface area contributed by atoms with Crippen LogP contribution in [0.4, 0.5) is 11.6 Å². The standard InChI is InChI=1S/C20H20N4O.C2H6S.C2H6/c1-4-6-7-15-10-16-13-22-19(11-17(16)24(5-2)20(15)25)23-18-9-8-14(3)12-21-18;1-3-2;1-2/h8-13H,4-5H2,1-3H3,(H,21,22,23);1-2H3;1-2H3. The predicted molar refractivity (Wildman–Crippen MR) is 132 cm³/mol. The number of rotatable bonds is 3. The van der Waals surface area contributed by atoms with Crippen LogP contribution in [-0.2, 0) is 6.54 Å². The monoisotopic (exact) mass is 424 g/mol. The van der Waals surface area contributed by atoms with Gasteiger partial charge in [0.25, 0.3) is 5.56 Å². The van der Waals surface area contributed by atoms with Gasteiger partial charge in [0.15, 0.2) is 0 Å². The lowest BCUT2D eigenvalue weighted by Crippen LogP contribution is -2.22. The third kappa shape index (κ3) is 6.93. The van der Waals surface area contributed by atoms with Crippen LogP contribution in [0.3, 0.4) is 0 Å². The number of nitrogens with zero attached hydrogens (tertiary/aromatic N) is 3. The molecule has 0 radical (unpaired) electrons. The molecule has 0 aromatic carbocycles. The van der Waals surface area contributed by atoms with Crippen molar-refractivity contribution in [1.29, 1.82) is 0 Å². The second-order valence-corrected chi connectivity index (χ2v) is 6.96. The number of hydrogen-bond donors (Lipinski definition) is 1. The average Bonchev–Trinajstić information content (AvgIpc) is 2.76. The molecule has 1 N–H and O–H groups in total. The highest BCUT2D eigenvalue weighted by molar-refractivity contribution is 7.97. The predicted octanol–water partition coefficient (Wildman–Crippen LogP) is 5.63. The molecule has 0 spiro atoms. The van der Waals surface area contributed by atoms with E-state index in [9.17, 15) is 4.79 Å². The average molecular weight is 425 g/mol. The van der Waals surface area contributed by atoms with Gasteiger partial charge in [-0.25, -0.2) is 9.97 Å². The van der Waals surface area contributed by atoms with Crippen molar-refractivity contribution >= 4 is 34.3 Å². The maximum Gasteiger partial charge on any atom is 0.266 e. The topological polar surface area (TPSA) is 59.8 Å². The lowest BCUT2D eigenvalue weighted by Gasteiger charge is -2.11. The first-order valence-electron chi connectivity index (χ1n) is 10.2. The van der Waals surface area contributed by atoms with E-state index in [2.05, 4.69) is 27.1 Å². The summed E-state index contributed by atoms with van der Waals surface area (Å²) in [5.74, 6) is 7.28. The molecule has 3 rings (SSSR count). The lowest BCUT2D eigenvalue weighted by atomic mass is 10.2. The summed E-state index contributed by atoms with van der Waals surface area (Å²) in [6.07, 6.45) is 8.35. The molecule has 0 aliphatic heterocycles. The fourth-order valence-corrected chi connectivity index (χ4v) is 2.60. The van der Waals surface area contributed by atoms with E-state index >= 15 is 0 Å². The van der Waals surface area contributed by atoms with Crippen molar-refractivity contribution in [2.75, 3.05) is 17.8 Å². The van der Waals surface area contributed by atoms with Crippen molar-refractivity contribution in [2.45, 2.75) is 47.6 Å². The van der Waals surface area contributed by atoms with E-state index < -0.39 is 0 Å². The number of fused-ring (bicyclic) bond motifs is 1. The number of aryl methyl sites for hydroxylation is 2. The van der Waals surface area contributed by atoms with Crippen molar-refractivity contribution in [3.63, 3.8) is 0 Å². The maximum atomic E-state index is 12.6. The summed E-state index contributed by atoms with van der Waals surface area (Å²) in [7, 11) is 0.